The van der Waals surface area contributed by atoms with E-state index in [0.717, 1.165) is 55.6 Å². The molecule has 1 fully saturated rings. The summed E-state index contributed by atoms with van der Waals surface area (Å²) >= 11 is 0. The Labute approximate surface area is 275 Å². The van der Waals surface area contributed by atoms with E-state index >= 15 is 0 Å². The van der Waals surface area contributed by atoms with Crippen molar-refractivity contribution >= 4 is 39.8 Å². The van der Waals surface area contributed by atoms with Crippen LogP contribution in [0.1, 0.15) is 24.0 Å². The van der Waals surface area contributed by atoms with Gasteiger partial charge in [0.05, 0.1) is 19.9 Å². The number of piperidine rings is 1. The maximum Gasteiger partial charge on any atom is 0.322 e. The second-order valence-electron chi connectivity index (χ2n) is 11.0. The number of nitrogens with zero attached hydrogens (tertiary/aromatic N) is 2. The van der Waals surface area contributed by atoms with Crippen molar-refractivity contribution in [3.8, 4) is 17.2 Å². The van der Waals surface area contributed by atoms with E-state index in [0.29, 0.717) is 29.4 Å². The molecule has 1 heterocycles. The van der Waals surface area contributed by atoms with Gasteiger partial charge in [0.25, 0.3) is 0 Å². The molecule has 0 unspecified atom stereocenters. The van der Waals surface area contributed by atoms with Crippen molar-refractivity contribution < 1.29 is 27.1 Å². The van der Waals surface area contributed by atoms with Crippen molar-refractivity contribution in [2.75, 3.05) is 36.5 Å². The number of urea groups is 1. The van der Waals surface area contributed by atoms with Gasteiger partial charge in [-0.05, 0) is 85.1 Å². The molecule has 1 aliphatic heterocycles. The molecule has 0 atom stereocenters. The molecule has 46 heavy (non-hydrogen) atoms. The van der Waals surface area contributed by atoms with E-state index in [1.165, 1.54) is 12.1 Å². The van der Waals surface area contributed by atoms with Gasteiger partial charge in [0.1, 0.15) is 23.1 Å². The van der Waals surface area contributed by atoms with Crippen LogP contribution in [0.5, 0.6) is 17.2 Å². The monoisotopic (exact) mass is 668 g/mol. The largest absolute Gasteiger partial charge is 0.496 e. The van der Waals surface area contributed by atoms with Crippen LogP contribution in [-0.2, 0) is 23.1 Å². The predicted octanol–water partition coefficient (Wildman–Crippen LogP) is 7.12. The van der Waals surface area contributed by atoms with Gasteiger partial charge >= 0.3 is 6.03 Å². The van der Waals surface area contributed by atoms with Gasteiger partial charge in [-0.25, -0.2) is 17.6 Å². The summed E-state index contributed by atoms with van der Waals surface area (Å²) in [5.74, 6) is 1.65. The fraction of sp³-hybridized carbons (Fsp3) is 0.265. The summed E-state index contributed by atoms with van der Waals surface area (Å²) in [7, 11) is -1.71. The molecule has 244 valence electrons. The molecule has 0 aliphatic carbocycles. The molecule has 0 bridgehead atoms. The normalized spacial score (nSPS) is 13.7. The highest BCUT2D eigenvalue weighted by molar-refractivity contribution is 7.92. The Balaban J connectivity index is 0.00000480. The maximum atomic E-state index is 13.5. The van der Waals surface area contributed by atoms with Crippen LogP contribution < -0.4 is 19.5 Å². The zero-order valence-electron chi connectivity index (χ0n) is 25.7. The molecule has 0 saturated carbocycles. The van der Waals surface area contributed by atoms with Crippen molar-refractivity contribution in [1.29, 1.82) is 0 Å². The molecule has 2 amide bonds. The van der Waals surface area contributed by atoms with Crippen LogP contribution in [0.25, 0.3) is 0 Å². The second-order valence-corrected chi connectivity index (χ2v) is 12.8. The van der Waals surface area contributed by atoms with Crippen molar-refractivity contribution in [2.24, 2.45) is 0 Å². The maximum absolute atomic E-state index is 13.5. The van der Waals surface area contributed by atoms with Crippen molar-refractivity contribution in [3.63, 3.8) is 0 Å². The molecule has 12 heteroatoms. The number of carbonyl (C=O) groups is 1. The molecule has 0 radical (unpaired) electrons. The van der Waals surface area contributed by atoms with Gasteiger partial charge in [0.15, 0.2) is 0 Å². The molecule has 4 aromatic rings. The lowest BCUT2D eigenvalue weighted by Crippen LogP contribution is -2.48. The molecule has 0 aromatic heterocycles. The standard InChI is InChI=1S/C34H37FN4O5S.ClH/c1-43-33-6-4-3-5-26(33)24-39(34(40)36-28-11-9-27(35)10-12-28)30-19-21-38(22-20-30)23-25-7-15-31(16-8-25)44-32-17-13-29(14-18-32)37-45(2,41)42;/h3-18,30,37H,19-24H2,1-2H3,(H,36,40);1H. The molecule has 1 aliphatic rings. The quantitative estimate of drug-likeness (QED) is 0.177. The number of benzene rings is 4. The lowest BCUT2D eigenvalue weighted by molar-refractivity contribution is 0.119. The highest BCUT2D eigenvalue weighted by atomic mass is 35.5. The smallest absolute Gasteiger partial charge is 0.322 e. The third kappa shape index (κ3) is 9.84. The second kappa shape index (κ2) is 15.8. The lowest BCUT2D eigenvalue weighted by Gasteiger charge is -2.38. The van der Waals surface area contributed by atoms with Gasteiger partial charge < -0.3 is 19.7 Å². The fourth-order valence-electron chi connectivity index (χ4n) is 5.36. The minimum absolute atomic E-state index is 0. The summed E-state index contributed by atoms with van der Waals surface area (Å²) in [5.41, 5.74) is 3.08. The summed E-state index contributed by atoms with van der Waals surface area (Å²) in [5, 5.41) is 2.94. The van der Waals surface area contributed by atoms with E-state index in [4.69, 9.17) is 9.47 Å². The van der Waals surface area contributed by atoms with E-state index in [-0.39, 0.29) is 30.3 Å². The highest BCUT2D eigenvalue weighted by Crippen LogP contribution is 2.27. The van der Waals surface area contributed by atoms with Gasteiger partial charge in [-0.1, -0.05) is 30.3 Å². The zero-order chi connectivity index (χ0) is 31.8. The van der Waals surface area contributed by atoms with Crippen LogP contribution in [0.15, 0.2) is 97.1 Å². The number of sulfonamides is 1. The third-order valence-corrected chi connectivity index (χ3v) is 8.22. The number of methoxy groups -OCH3 is 1. The summed E-state index contributed by atoms with van der Waals surface area (Å²) in [4.78, 5) is 17.8. The van der Waals surface area contributed by atoms with Gasteiger partial charge in [-0.2, -0.15) is 0 Å². The Kier molecular flexibility index (Phi) is 11.9. The zero-order valence-corrected chi connectivity index (χ0v) is 27.3. The Morgan fingerprint density at radius 1 is 0.891 bits per heavy atom. The molecular weight excluding hydrogens is 631 g/mol. The molecule has 2 N–H and O–H groups in total. The van der Waals surface area contributed by atoms with E-state index in [1.54, 1.807) is 43.5 Å². The minimum Gasteiger partial charge on any atom is -0.496 e. The van der Waals surface area contributed by atoms with Crippen molar-refractivity contribution in [1.82, 2.24) is 9.80 Å². The number of hydrogen-bond acceptors (Lipinski definition) is 6. The first-order valence-corrected chi connectivity index (χ1v) is 16.6. The molecule has 9 nitrogen and oxygen atoms in total. The summed E-state index contributed by atoms with van der Waals surface area (Å²) in [6.45, 7) is 2.80. The van der Waals surface area contributed by atoms with Gasteiger partial charge in [-0.3, -0.25) is 9.62 Å². The third-order valence-electron chi connectivity index (χ3n) is 7.61. The van der Waals surface area contributed by atoms with Gasteiger partial charge in [0, 0.05) is 42.6 Å². The Bertz CT molecular complexity index is 1680. The number of rotatable bonds is 11. The predicted molar refractivity (Wildman–Crippen MR) is 181 cm³/mol. The number of ether oxygens (including phenoxy) is 2. The van der Waals surface area contributed by atoms with Crippen LogP contribution >= 0.6 is 12.4 Å². The number of carbonyl (C=O) groups excluding carboxylic acids is 1. The fourth-order valence-corrected chi connectivity index (χ4v) is 5.93. The van der Waals surface area contributed by atoms with Gasteiger partial charge in [-0.15, -0.1) is 12.4 Å². The molecule has 0 spiro atoms. The number of likely N-dealkylation sites (tertiary alicyclic amines) is 1. The average molecular weight is 669 g/mol. The van der Waals surface area contributed by atoms with Gasteiger partial charge in [0.2, 0.25) is 10.0 Å². The number of para-hydroxylation sites is 1. The highest BCUT2D eigenvalue weighted by Gasteiger charge is 2.29. The Hall–Kier alpha value is -4.32. The number of amides is 2. The van der Waals surface area contributed by atoms with Crippen molar-refractivity contribution in [2.45, 2.75) is 32.0 Å². The Morgan fingerprint density at radius 3 is 2.09 bits per heavy atom. The first-order chi connectivity index (χ1) is 21.6. The topological polar surface area (TPSA) is 100 Å². The van der Waals surface area contributed by atoms with Crippen LogP contribution in [-0.4, -0.2) is 56.7 Å². The van der Waals surface area contributed by atoms with E-state index in [2.05, 4.69) is 14.9 Å². The summed E-state index contributed by atoms with van der Waals surface area (Å²) in [6.07, 6.45) is 2.71. The SMILES string of the molecule is COc1ccccc1CN(C(=O)Nc1ccc(F)cc1)C1CCN(Cc2ccc(Oc3ccc(NS(C)(=O)=O)cc3)cc2)CC1.Cl. The lowest BCUT2D eigenvalue weighted by atomic mass is 10.0. The number of hydrogen-bond donors (Lipinski definition) is 2. The van der Waals surface area contributed by atoms with E-state index in [1.807, 2.05) is 53.4 Å². The molecular formula is C34H38ClFN4O5S. The minimum atomic E-state index is -3.34. The van der Waals surface area contributed by atoms with E-state index in [9.17, 15) is 17.6 Å². The first-order valence-electron chi connectivity index (χ1n) is 14.7. The molecule has 5 rings (SSSR count). The number of anilines is 2. The van der Waals surface area contributed by atoms with E-state index < -0.39 is 10.0 Å². The Morgan fingerprint density at radius 2 is 1.48 bits per heavy atom. The van der Waals surface area contributed by atoms with Crippen LogP contribution in [0, 0.1) is 5.82 Å². The summed E-state index contributed by atoms with van der Waals surface area (Å²) < 4.78 is 50.2. The van der Waals surface area contributed by atoms with Crippen LogP contribution in [0.2, 0.25) is 0 Å². The number of nitrogens with one attached hydrogen (secondary N) is 2. The van der Waals surface area contributed by atoms with Crippen LogP contribution in [0.4, 0.5) is 20.6 Å². The molecule has 1 saturated heterocycles. The van der Waals surface area contributed by atoms with Crippen molar-refractivity contribution in [3.05, 3.63) is 114 Å². The average Bonchev–Trinajstić information content (AvgIpc) is 3.03. The van der Waals surface area contributed by atoms with Crippen LogP contribution in [0.3, 0.4) is 0 Å². The molecule has 4 aromatic carbocycles. The summed E-state index contributed by atoms with van der Waals surface area (Å²) in [6, 6.07) is 27.9. The first kappa shape index (κ1) is 34.6. The number of halogens is 2.